The fourth-order valence-electron chi connectivity index (χ4n) is 1.70. The van der Waals surface area contributed by atoms with Crippen molar-refractivity contribution in [3.8, 4) is 0 Å². The van der Waals surface area contributed by atoms with Gasteiger partial charge in [-0.25, -0.2) is 0 Å². The second kappa shape index (κ2) is 8.68. The lowest BCUT2D eigenvalue weighted by molar-refractivity contribution is 0.133. The van der Waals surface area contributed by atoms with Crippen LogP contribution in [0.5, 0.6) is 0 Å². The molecule has 1 aromatic heterocycles. The van der Waals surface area contributed by atoms with Crippen molar-refractivity contribution in [1.82, 2.24) is 5.32 Å². The van der Waals surface area contributed by atoms with E-state index in [0.29, 0.717) is 0 Å². The normalized spacial score (nSPS) is 11.9. The van der Waals surface area contributed by atoms with Gasteiger partial charge in [-0.1, -0.05) is 6.07 Å². The van der Waals surface area contributed by atoms with Crippen LogP contribution in [-0.4, -0.2) is 25.3 Å². The highest BCUT2D eigenvalue weighted by molar-refractivity contribution is 7.09. The van der Waals surface area contributed by atoms with E-state index >= 15 is 0 Å². The van der Waals surface area contributed by atoms with Gasteiger partial charge in [-0.15, -0.1) is 11.3 Å². The molecule has 0 amide bonds. The quantitative estimate of drug-likeness (QED) is 0.687. The highest BCUT2D eigenvalue weighted by atomic mass is 32.1. The first-order chi connectivity index (χ1) is 8.58. The molecule has 0 aliphatic heterocycles. The number of hydrogen-bond acceptors (Lipinski definition) is 3. The summed E-state index contributed by atoms with van der Waals surface area (Å²) in [5.74, 6) is 0. The molecule has 0 saturated carbocycles. The average molecular weight is 269 g/mol. The first-order valence-electron chi connectivity index (χ1n) is 6.93. The lowest BCUT2D eigenvalue weighted by Gasteiger charge is -2.20. The molecule has 2 nitrogen and oxygen atoms in total. The monoisotopic (exact) mass is 269 g/mol. The van der Waals surface area contributed by atoms with Crippen LogP contribution in [0.4, 0.5) is 0 Å². The Balaban J connectivity index is 1.82. The number of thiophene rings is 1. The van der Waals surface area contributed by atoms with Gasteiger partial charge in [0.15, 0.2) is 0 Å². The van der Waals surface area contributed by atoms with Gasteiger partial charge >= 0.3 is 0 Å². The molecule has 0 unspecified atom stereocenters. The van der Waals surface area contributed by atoms with Gasteiger partial charge in [0.2, 0.25) is 0 Å². The van der Waals surface area contributed by atoms with Crippen LogP contribution in [0.2, 0.25) is 0 Å². The number of nitrogens with one attached hydrogen (secondary N) is 1. The van der Waals surface area contributed by atoms with Crippen molar-refractivity contribution >= 4 is 11.3 Å². The molecule has 0 aliphatic rings. The van der Waals surface area contributed by atoms with Crippen LogP contribution < -0.4 is 5.32 Å². The molecular weight excluding hydrogens is 242 g/mol. The van der Waals surface area contributed by atoms with Gasteiger partial charge in [0, 0.05) is 23.4 Å². The summed E-state index contributed by atoms with van der Waals surface area (Å²) in [6, 6.07) is 4.27. The van der Waals surface area contributed by atoms with Crippen LogP contribution in [0.3, 0.4) is 0 Å². The van der Waals surface area contributed by atoms with E-state index in [1.165, 1.54) is 24.1 Å². The smallest absolute Gasteiger partial charge is 0.0514 e. The topological polar surface area (TPSA) is 21.3 Å². The highest BCUT2D eigenvalue weighted by Crippen LogP contribution is 2.09. The van der Waals surface area contributed by atoms with Gasteiger partial charge < -0.3 is 10.1 Å². The fourth-order valence-corrected chi connectivity index (χ4v) is 2.39. The van der Waals surface area contributed by atoms with Crippen molar-refractivity contribution in [2.24, 2.45) is 0 Å². The summed E-state index contributed by atoms with van der Waals surface area (Å²) in [4.78, 5) is 1.42. The summed E-state index contributed by atoms with van der Waals surface area (Å²) >= 11 is 1.81. The standard InChI is InChI=1S/C15H27NOS/c1-15(2,3)16-10-5-4-6-11-17-12-9-14-8-7-13-18-14/h7-8,13,16H,4-6,9-12H2,1-3H3. The lowest BCUT2D eigenvalue weighted by Crippen LogP contribution is -2.36. The minimum Gasteiger partial charge on any atom is -0.381 e. The Bertz CT molecular complexity index is 290. The van der Waals surface area contributed by atoms with Crippen LogP contribution in [0, 0.1) is 0 Å². The van der Waals surface area contributed by atoms with Crippen LogP contribution in [0.25, 0.3) is 0 Å². The molecule has 1 heterocycles. The molecule has 0 atom stereocenters. The Morgan fingerprint density at radius 3 is 2.67 bits per heavy atom. The zero-order valence-electron chi connectivity index (χ0n) is 12.0. The van der Waals surface area contributed by atoms with Gasteiger partial charge in [-0.3, -0.25) is 0 Å². The third-order valence-electron chi connectivity index (χ3n) is 2.69. The molecule has 1 aromatic rings. The Morgan fingerprint density at radius 1 is 1.17 bits per heavy atom. The number of ether oxygens (including phenoxy) is 1. The van der Waals surface area contributed by atoms with E-state index < -0.39 is 0 Å². The van der Waals surface area contributed by atoms with Crippen molar-refractivity contribution in [1.29, 1.82) is 0 Å². The largest absolute Gasteiger partial charge is 0.381 e. The van der Waals surface area contributed by atoms with E-state index in [-0.39, 0.29) is 5.54 Å². The Morgan fingerprint density at radius 2 is 2.00 bits per heavy atom. The number of rotatable bonds is 9. The van der Waals surface area contributed by atoms with E-state index in [2.05, 4.69) is 43.6 Å². The Kier molecular flexibility index (Phi) is 7.56. The maximum absolute atomic E-state index is 5.64. The Labute approximate surface area is 116 Å². The van der Waals surface area contributed by atoms with Crippen LogP contribution in [0.15, 0.2) is 17.5 Å². The fraction of sp³-hybridized carbons (Fsp3) is 0.733. The van der Waals surface area contributed by atoms with E-state index in [9.17, 15) is 0 Å². The Hall–Kier alpha value is -0.380. The van der Waals surface area contributed by atoms with E-state index in [0.717, 1.165) is 26.2 Å². The van der Waals surface area contributed by atoms with E-state index in [1.54, 1.807) is 0 Å². The highest BCUT2D eigenvalue weighted by Gasteiger charge is 2.06. The van der Waals surface area contributed by atoms with Gasteiger partial charge in [-0.05, 0) is 58.0 Å². The molecule has 104 valence electrons. The van der Waals surface area contributed by atoms with Crippen molar-refractivity contribution in [3.05, 3.63) is 22.4 Å². The molecule has 3 heteroatoms. The molecule has 0 spiro atoms. The third-order valence-corrected chi connectivity index (χ3v) is 3.63. The summed E-state index contributed by atoms with van der Waals surface area (Å²) in [6.07, 6.45) is 4.73. The molecule has 0 saturated heterocycles. The molecule has 1 rings (SSSR count). The second-order valence-corrected chi connectivity index (χ2v) is 6.71. The SMILES string of the molecule is CC(C)(C)NCCCCCOCCc1cccs1. The maximum Gasteiger partial charge on any atom is 0.0514 e. The summed E-state index contributed by atoms with van der Waals surface area (Å²) in [5.41, 5.74) is 0.247. The van der Waals surface area contributed by atoms with Gasteiger partial charge in [0.25, 0.3) is 0 Å². The first-order valence-corrected chi connectivity index (χ1v) is 7.81. The number of unbranched alkanes of at least 4 members (excludes halogenated alkanes) is 2. The van der Waals surface area contributed by atoms with Crippen molar-refractivity contribution in [3.63, 3.8) is 0 Å². The summed E-state index contributed by atoms with van der Waals surface area (Å²) in [5, 5.41) is 5.63. The van der Waals surface area contributed by atoms with Crippen molar-refractivity contribution < 1.29 is 4.74 Å². The molecule has 0 bridgehead atoms. The van der Waals surface area contributed by atoms with Crippen molar-refractivity contribution in [2.45, 2.75) is 52.0 Å². The van der Waals surface area contributed by atoms with Crippen molar-refractivity contribution in [2.75, 3.05) is 19.8 Å². The van der Waals surface area contributed by atoms with Crippen LogP contribution >= 0.6 is 11.3 Å². The second-order valence-electron chi connectivity index (χ2n) is 5.68. The number of hydrogen-bond donors (Lipinski definition) is 1. The van der Waals surface area contributed by atoms with Gasteiger partial charge in [0.05, 0.1) is 6.61 Å². The molecule has 0 aliphatic carbocycles. The molecule has 0 fully saturated rings. The van der Waals surface area contributed by atoms with E-state index in [4.69, 9.17) is 4.74 Å². The summed E-state index contributed by atoms with van der Waals surface area (Å²) in [6.45, 7) is 9.50. The van der Waals surface area contributed by atoms with Crippen LogP contribution in [-0.2, 0) is 11.2 Å². The minimum atomic E-state index is 0.247. The maximum atomic E-state index is 5.64. The van der Waals surface area contributed by atoms with Gasteiger partial charge in [-0.2, -0.15) is 0 Å². The first kappa shape index (κ1) is 15.7. The zero-order chi connectivity index (χ0) is 13.3. The molecular formula is C15H27NOS. The molecule has 0 radical (unpaired) electrons. The average Bonchev–Trinajstić information content (AvgIpc) is 2.78. The zero-order valence-corrected chi connectivity index (χ0v) is 12.8. The van der Waals surface area contributed by atoms with Crippen LogP contribution in [0.1, 0.15) is 44.9 Å². The molecule has 0 aromatic carbocycles. The lowest BCUT2D eigenvalue weighted by atomic mass is 10.1. The third kappa shape index (κ3) is 8.67. The molecule has 1 N–H and O–H groups in total. The summed E-state index contributed by atoms with van der Waals surface area (Å²) < 4.78 is 5.64. The predicted octanol–water partition coefficient (Wildman–Crippen LogP) is 3.87. The molecule has 18 heavy (non-hydrogen) atoms. The minimum absolute atomic E-state index is 0.247. The predicted molar refractivity (Wildman–Crippen MR) is 80.4 cm³/mol. The van der Waals surface area contributed by atoms with E-state index in [1.807, 2.05) is 11.3 Å². The summed E-state index contributed by atoms with van der Waals surface area (Å²) in [7, 11) is 0. The van der Waals surface area contributed by atoms with Gasteiger partial charge in [0.1, 0.15) is 0 Å².